The normalized spacial score (nSPS) is 11.1. The van der Waals surface area contributed by atoms with E-state index in [0.717, 1.165) is 0 Å². The van der Waals surface area contributed by atoms with Crippen molar-refractivity contribution in [1.29, 1.82) is 0 Å². The maximum atomic E-state index is 12.6. The first-order valence-corrected chi connectivity index (χ1v) is 5.23. The van der Waals surface area contributed by atoms with Gasteiger partial charge in [-0.1, -0.05) is 12.1 Å². The molecule has 0 unspecified atom stereocenters. The fourth-order valence-electron chi connectivity index (χ4n) is 1.65. The lowest BCUT2D eigenvalue weighted by atomic mass is 10.1. The predicted octanol–water partition coefficient (Wildman–Crippen LogP) is 3.15. The zero-order valence-electron chi connectivity index (χ0n) is 9.28. The molecule has 0 saturated carbocycles. The fraction of sp³-hybridized carbons (Fsp3) is 0.250. The van der Waals surface area contributed by atoms with Gasteiger partial charge >= 0.3 is 0 Å². The third kappa shape index (κ3) is 2.13. The van der Waals surface area contributed by atoms with Crippen molar-refractivity contribution in [3.63, 3.8) is 0 Å². The largest absolute Gasteiger partial charge is 0.492 e. The molecule has 0 radical (unpaired) electrons. The van der Waals surface area contributed by atoms with Gasteiger partial charge in [-0.05, 0) is 19.1 Å². The number of nitrogen functional groups attached to an aromatic ring is 1. The molecule has 0 aliphatic heterocycles. The van der Waals surface area contributed by atoms with E-state index in [0.29, 0.717) is 23.3 Å². The van der Waals surface area contributed by atoms with Gasteiger partial charge in [-0.3, -0.25) is 0 Å². The molecule has 0 spiro atoms. The third-order valence-corrected chi connectivity index (χ3v) is 2.38. The van der Waals surface area contributed by atoms with Crippen LogP contribution >= 0.6 is 0 Å². The summed E-state index contributed by atoms with van der Waals surface area (Å²) in [5.41, 5.74) is 6.06. The minimum absolute atomic E-state index is 0.284. The molecule has 2 aromatic rings. The summed E-state index contributed by atoms with van der Waals surface area (Å²) in [5, 5.41) is 0.625. The number of rotatable bonds is 3. The van der Waals surface area contributed by atoms with E-state index >= 15 is 0 Å². The number of aromatic nitrogens is 1. The highest BCUT2D eigenvalue weighted by molar-refractivity contribution is 5.94. The molecule has 2 N–H and O–H groups in total. The van der Waals surface area contributed by atoms with Crippen LogP contribution in [0.3, 0.4) is 0 Å². The molecule has 0 aliphatic rings. The van der Waals surface area contributed by atoms with Gasteiger partial charge in [0.25, 0.3) is 6.43 Å². The lowest BCUT2D eigenvalue weighted by Crippen LogP contribution is -1.99. The Kier molecular flexibility index (Phi) is 3.08. The first-order valence-electron chi connectivity index (χ1n) is 5.23. The number of hydrogen-bond donors (Lipinski definition) is 1. The number of fused-ring (bicyclic) bond motifs is 1. The molecule has 0 amide bonds. The van der Waals surface area contributed by atoms with Gasteiger partial charge in [-0.15, -0.1) is 0 Å². The van der Waals surface area contributed by atoms with Crippen LogP contribution in [0.15, 0.2) is 24.3 Å². The summed E-state index contributed by atoms with van der Waals surface area (Å²) in [6.45, 7) is 2.26. The smallest absolute Gasteiger partial charge is 0.280 e. The number of nitrogens with two attached hydrogens (primary N) is 1. The highest BCUT2D eigenvalue weighted by Gasteiger charge is 2.14. The number of alkyl halides is 2. The summed E-state index contributed by atoms with van der Waals surface area (Å²) >= 11 is 0. The number of para-hydroxylation sites is 1. The number of pyridine rings is 1. The van der Waals surface area contributed by atoms with Gasteiger partial charge in [0.1, 0.15) is 17.0 Å². The van der Waals surface area contributed by atoms with Gasteiger partial charge in [-0.2, -0.15) is 0 Å². The molecule has 90 valence electrons. The van der Waals surface area contributed by atoms with Gasteiger partial charge in [0.15, 0.2) is 0 Å². The minimum atomic E-state index is -2.64. The molecule has 1 aromatic heterocycles. The van der Waals surface area contributed by atoms with Crippen molar-refractivity contribution in [2.24, 2.45) is 0 Å². The standard InChI is InChI=1S/C12H12F2N2O/c1-2-17-10-5-3-4-7-8(15)6-9(12(13)14)16-11(7)10/h3-6,12H,2H2,1H3,(H2,15,16). The number of hydrogen-bond acceptors (Lipinski definition) is 3. The van der Waals surface area contributed by atoms with Gasteiger partial charge in [0, 0.05) is 11.1 Å². The van der Waals surface area contributed by atoms with E-state index in [-0.39, 0.29) is 11.4 Å². The van der Waals surface area contributed by atoms with Crippen molar-refractivity contribution in [2.75, 3.05) is 12.3 Å². The van der Waals surface area contributed by atoms with E-state index in [1.165, 1.54) is 6.07 Å². The van der Waals surface area contributed by atoms with Gasteiger partial charge in [0.2, 0.25) is 0 Å². The molecule has 0 fully saturated rings. The van der Waals surface area contributed by atoms with Crippen molar-refractivity contribution in [3.8, 4) is 5.75 Å². The van der Waals surface area contributed by atoms with Crippen molar-refractivity contribution < 1.29 is 13.5 Å². The zero-order valence-corrected chi connectivity index (χ0v) is 9.28. The molecule has 5 heteroatoms. The molecule has 0 atom stereocenters. The Labute approximate surface area is 97.2 Å². The summed E-state index contributed by atoms with van der Waals surface area (Å²) in [7, 11) is 0. The van der Waals surface area contributed by atoms with E-state index < -0.39 is 6.43 Å². The van der Waals surface area contributed by atoms with Crippen LogP contribution in [0, 0.1) is 0 Å². The number of halogens is 2. The molecule has 1 aromatic carbocycles. The number of ether oxygens (including phenoxy) is 1. The Morgan fingerprint density at radius 3 is 2.82 bits per heavy atom. The predicted molar refractivity (Wildman–Crippen MR) is 62.3 cm³/mol. The van der Waals surface area contributed by atoms with Gasteiger partial charge in [-0.25, -0.2) is 13.8 Å². The molecule has 1 heterocycles. The Morgan fingerprint density at radius 1 is 1.41 bits per heavy atom. The SMILES string of the molecule is CCOc1cccc2c(N)cc(C(F)F)nc12. The highest BCUT2D eigenvalue weighted by Crippen LogP contribution is 2.31. The van der Waals surface area contributed by atoms with E-state index in [2.05, 4.69) is 4.98 Å². The lowest BCUT2D eigenvalue weighted by molar-refractivity contribution is 0.146. The molecule has 17 heavy (non-hydrogen) atoms. The van der Waals surface area contributed by atoms with Crippen LogP contribution < -0.4 is 10.5 Å². The van der Waals surface area contributed by atoms with Crippen molar-refractivity contribution in [3.05, 3.63) is 30.0 Å². The second-order valence-corrected chi connectivity index (χ2v) is 3.52. The average Bonchev–Trinajstić information content (AvgIpc) is 2.30. The fourth-order valence-corrected chi connectivity index (χ4v) is 1.65. The van der Waals surface area contributed by atoms with Crippen LogP contribution in [-0.2, 0) is 0 Å². The Balaban J connectivity index is 2.69. The average molecular weight is 238 g/mol. The van der Waals surface area contributed by atoms with Crippen molar-refractivity contribution in [2.45, 2.75) is 13.3 Å². The second kappa shape index (κ2) is 4.53. The summed E-state index contributed by atoms with van der Waals surface area (Å²) in [6, 6.07) is 6.37. The minimum Gasteiger partial charge on any atom is -0.492 e. The third-order valence-electron chi connectivity index (χ3n) is 2.38. The molecule has 0 saturated heterocycles. The highest BCUT2D eigenvalue weighted by atomic mass is 19.3. The van der Waals surface area contributed by atoms with Crippen LogP contribution in [0.1, 0.15) is 19.0 Å². The zero-order chi connectivity index (χ0) is 12.4. The number of benzene rings is 1. The van der Waals surface area contributed by atoms with Gasteiger partial charge < -0.3 is 10.5 Å². The van der Waals surface area contributed by atoms with E-state index in [9.17, 15) is 8.78 Å². The summed E-state index contributed by atoms with van der Waals surface area (Å²) < 4.78 is 30.6. The van der Waals surface area contributed by atoms with Crippen molar-refractivity contribution >= 4 is 16.6 Å². The maximum absolute atomic E-state index is 12.6. The topological polar surface area (TPSA) is 48.1 Å². The maximum Gasteiger partial charge on any atom is 0.280 e. The van der Waals surface area contributed by atoms with Gasteiger partial charge in [0.05, 0.1) is 6.61 Å². The second-order valence-electron chi connectivity index (χ2n) is 3.52. The molecule has 0 bridgehead atoms. The summed E-state index contributed by atoms with van der Waals surface area (Å²) in [5.74, 6) is 0.471. The molecule has 2 rings (SSSR count). The monoisotopic (exact) mass is 238 g/mol. The van der Waals surface area contributed by atoms with E-state index in [1.54, 1.807) is 18.2 Å². The molecule has 3 nitrogen and oxygen atoms in total. The Bertz CT molecular complexity index is 543. The molecular formula is C12H12F2N2O. The number of nitrogens with zero attached hydrogens (tertiary/aromatic N) is 1. The quantitative estimate of drug-likeness (QED) is 0.893. The van der Waals surface area contributed by atoms with Crippen LogP contribution in [0.5, 0.6) is 5.75 Å². The Morgan fingerprint density at radius 2 is 2.18 bits per heavy atom. The summed E-state index contributed by atoms with van der Waals surface area (Å²) in [6.07, 6.45) is -2.64. The Hall–Kier alpha value is -1.91. The first-order chi connectivity index (χ1) is 8.13. The van der Waals surface area contributed by atoms with Crippen LogP contribution in [0.2, 0.25) is 0 Å². The molecular weight excluding hydrogens is 226 g/mol. The van der Waals surface area contributed by atoms with Crippen LogP contribution in [-0.4, -0.2) is 11.6 Å². The van der Waals surface area contributed by atoms with Crippen molar-refractivity contribution in [1.82, 2.24) is 4.98 Å². The van der Waals surface area contributed by atoms with Crippen LogP contribution in [0.4, 0.5) is 14.5 Å². The van der Waals surface area contributed by atoms with E-state index in [1.807, 2.05) is 6.92 Å². The first kappa shape index (κ1) is 11.6. The molecule has 0 aliphatic carbocycles. The van der Waals surface area contributed by atoms with Crippen LogP contribution in [0.25, 0.3) is 10.9 Å². The summed E-state index contributed by atoms with van der Waals surface area (Å²) in [4.78, 5) is 3.90. The van der Waals surface area contributed by atoms with E-state index in [4.69, 9.17) is 10.5 Å². The lowest BCUT2D eigenvalue weighted by Gasteiger charge is -2.10. The number of anilines is 1.